The maximum absolute atomic E-state index is 13.9. The second kappa shape index (κ2) is 7.49. The quantitative estimate of drug-likeness (QED) is 0.598. The number of aromatic nitrogens is 2. The molecule has 0 spiro atoms. The second-order valence-electron chi connectivity index (χ2n) is 6.75. The Morgan fingerprint density at radius 3 is 2.57 bits per heavy atom. The molecule has 6 nitrogen and oxygen atoms in total. The van der Waals surface area contributed by atoms with Crippen molar-refractivity contribution in [2.75, 3.05) is 10.6 Å². The summed E-state index contributed by atoms with van der Waals surface area (Å²) < 4.78 is 41.9. The molecule has 30 heavy (non-hydrogen) atoms. The van der Waals surface area contributed by atoms with Crippen LogP contribution in [0.4, 0.5) is 24.7 Å². The average molecular weight is 435 g/mol. The summed E-state index contributed by atoms with van der Waals surface area (Å²) in [5.41, 5.74) is 1.34. The Bertz CT molecular complexity index is 1180. The van der Waals surface area contributed by atoms with E-state index in [9.17, 15) is 22.8 Å². The molecule has 4 rings (SSSR count). The van der Waals surface area contributed by atoms with E-state index >= 15 is 0 Å². The third kappa shape index (κ3) is 3.41. The van der Waals surface area contributed by atoms with Crippen molar-refractivity contribution in [3.63, 3.8) is 0 Å². The smallest absolute Gasteiger partial charge is 0.249 e. The molecular weight excluding hydrogens is 421 g/mol. The van der Waals surface area contributed by atoms with Crippen LogP contribution < -0.4 is 10.6 Å². The van der Waals surface area contributed by atoms with Crippen molar-refractivity contribution < 1.29 is 22.8 Å². The number of amides is 2. The molecule has 2 N–H and O–H groups in total. The van der Waals surface area contributed by atoms with Crippen LogP contribution in [-0.4, -0.2) is 21.6 Å². The van der Waals surface area contributed by atoms with E-state index in [-0.39, 0.29) is 6.42 Å². The molecule has 2 amide bonds. The molecule has 0 saturated heterocycles. The summed E-state index contributed by atoms with van der Waals surface area (Å²) in [6.45, 7) is 1.73. The fraction of sp³-hybridized carbons (Fsp3) is 0.150. The molecule has 0 unspecified atom stereocenters. The molecular formula is C20H14ClF3N4O2. The van der Waals surface area contributed by atoms with Crippen LogP contribution in [0.1, 0.15) is 18.0 Å². The minimum Gasteiger partial charge on any atom is -0.322 e. The molecule has 0 fully saturated rings. The fourth-order valence-corrected chi connectivity index (χ4v) is 3.39. The van der Waals surface area contributed by atoms with Crippen molar-refractivity contribution in [3.8, 4) is 11.3 Å². The first kappa shape index (κ1) is 20.0. The molecule has 3 aromatic rings. The van der Waals surface area contributed by atoms with Gasteiger partial charge in [0.1, 0.15) is 11.9 Å². The number of carbonyl (C=O) groups excluding carboxylic acids is 2. The van der Waals surface area contributed by atoms with Crippen molar-refractivity contribution in [3.05, 3.63) is 64.4 Å². The Kier molecular flexibility index (Phi) is 4.98. The summed E-state index contributed by atoms with van der Waals surface area (Å²) in [5.74, 6) is -5.50. The van der Waals surface area contributed by atoms with Crippen molar-refractivity contribution in [1.29, 1.82) is 0 Å². The van der Waals surface area contributed by atoms with Crippen LogP contribution in [0.3, 0.4) is 0 Å². The van der Waals surface area contributed by atoms with Crippen molar-refractivity contribution in [2.45, 2.75) is 19.4 Å². The lowest BCUT2D eigenvalue weighted by Gasteiger charge is -2.24. The van der Waals surface area contributed by atoms with E-state index in [0.717, 1.165) is 11.6 Å². The van der Waals surface area contributed by atoms with Crippen LogP contribution in [0.15, 0.2) is 36.4 Å². The number of anilines is 2. The molecule has 1 atom stereocenters. The van der Waals surface area contributed by atoms with Crippen molar-refractivity contribution >= 4 is 34.9 Å². The number of hydrogen-bond acceptors (Lipinski definition) is 3. The summed E-state index contributed by atoms with van der Waals surface area (Å²) in [5, 5.41) is 9.88. The zero-order chi connectivity index (χ0) is 21.6. The highest BCUT2D eigenvalue weighted by Crippen LogP contribution is 2.35. The highest BCUT2D eigenvalue weighted by Gasteiger charge is 2.34. The van der Waals surface area contributed by atoms with Crippen molar-refractivity contribution in [2.24, 2.45) is 0 Å². The van der Waals surface area contributed by atoms with E-state index in [0.29, 0.717) is 28.2 Å². The lowest BCUT2D eigenvalue weighted by atomic mass is 10.1. The normalized spacial score (nSPS) is 15.5. The molecule has 0 aliphatic carbocycles. The predicted octanol–water partition coefficient (Wildman–Crippen LogP) is 4.45. The molecule has 0 bridgehead atoms. The zero-order valence-corrected chi connectivity index (χ0v) is 16.2. The molecule has 2 aromatic carbocycles. The molecule has 0 saturated carbocycles. The van der Waals surface area contributed by atoms with E-state index < -0.39 is 41.0 Å². The summed E-state index contributed by atoms with van der Waals surface area (Å²) in [6.07, 6.45) is -0.259. The summed E-state index contributed by atoms with van der Waals surface area (Å²) >= 11 is 5.92. The highest BCUT2D eigenvalue weighted by atomic mass is 35.5. The van der Waals surface area contributed by atoms with Crippen molar-refractivity contribution in [1.82, 2.24) is 9.78 Å². The number of rotatable bonds is 3. The number of fused-ring (bicyclic) bond motifs is 1. The summed E-state index contributed by atoms with van der Waals surface area (Å²) in [7, 11) is 0. The van der Waals surface area contributed by atoms with E-state index in [4.69, 9.17) is 11.6 Å². The van der Waals surface area contributed by atoms with Gasteiger partial charge in [-0.15, -0.1) is 0 Å². The first-order chi connectivity index (χ1) is 14.3. The molecule has 0 radical (unpaired) electrons. The third-order valence-electron chi connectivity index (χ3n) is 4.79. The number of carbonyl (C=O) groups is 2. The van der Waals surface area contributed by atoms with Gasteiger partial charge in [-0.05, 0) is 31.2 Å². The Morgan fingerprint density at radius 1 is 1.17 bits per heavy atom. The number of halogens is 4. The molecule has 1 aliphatic rings. The Labute approximate surface area is 173 Å². The standard InChI is InChI=1S/C20H14ClF3N4O2/c1-9-18(10-2-4-11(21)5-3-10)27-28-14(8-15(29)26-19(9)28)20(30)25-13-7-6-12(22)16(23)17(13)24/h2-7,14H,8H2,1H3,(H,25,30)(H,26,29)/t14-/m0/s1. The van der Waals surface area contributed by atoms with E-state index in [1.165, 1.54) is 4.68 Å². The number of nitrogens with zero attached hydrogens (tertiary/aromatic N) is 2. The number of nitrogens with one attached hydrogen (secondary N) is 2. The molecule has 10 heteroatoms. The minimum absolute atomic E-state index is 0.259. The fourth-order valence-electron chi connectivity index (χ4n) is 3.26. The van der Waals surface area contributed by atoms with Gasteiger partial charge in [-0.1, -0.05) is 23.7 Å². The van der Waals surface area contributed by atoms with Crippen LogP contribution in [0, 0.1) is 24.4 Å². The maximum Gasteiger partial charge on any atom is 0.249 e. The number of hydrogen-bond donors (Lipinski definition) is 2. The van der Waals surface area contributed by atoms with Crippen LogP contribution in [0.2, 0.25) is 5.02 Å². The monoisotopic (exact) mass is 434 g/mol. The Morgan fingerprint density at radius 2 is 1.87 bits per heavy atom. The molecule has 2 heterocycles. The largest absolute Gasteiger partial charge is 0.322 e. The molecule has 1 aliphatic heterocycles. The topological polar surface area (TPSA) is 76.0 Å². The predicted molar refractivity (Wildman–Crippen MR) is 105 cm³/mol. The van der Waals surface area contributed by atoms with Gasteiger partial charge in [0.15, 0.2) is 17.5 Å². The zero-order valence-electron chi connectivity index (χ0n) is 15.5. The third-order valence-corrected chi connectivity index (χ3v) is 5.04. The lowest BCUT2D eigenvalue weighted by molar-refractivity contribution is -0.125. The number of benzene rings is 2. The van der Waals surface area contributed by atoms with Gasteiger partial charge in [-0.2, -0.15) is 5.10 Å². The van der Waals surface area contributed by atoms with Gasteiger partial charge in [0, 0.05) is 16.1 Å². The van der Waals surface area contributed by atoms with Gasteiger partial charge in [0.25, 0.3) is 0 Å². The van der Waals surface area contributed by atoms with Gasteiger partial charge in [0.05, 0.1) is 17.8 Å². The first-order valence-corrected chi connectivity index (χ1v) is 9.23. The highest BCUT2D eigenvalue weighted by molar-refractivity contribution is 6.30. The van der Waals surface area contributed by atoms with Gasteiger partial charge in [0.2, 0.25) is 11.8 Å². The maximum atomic E-state index is 13.9. The average Bonchev–Trinajstić information content (AvgIpc) is 3.05. The van der Waals surface area contributed by atoms with Gasteiger partial charge < -0.3 is 10.6 Å². The minimum atomic E-state index is -1.70. The van der Waals surface area contributed by atoms with Crippen LogP contribution in [-0.2, 0) is 9.59 Å². The van der Waals surface area contributed by atoms with Gasteiger partial charge in [-0.3, -0.25) is 9.59 Å². The van der Waals surface area contributed by atoms with Crippen LogP contribution >= 0.6 is 11.6 Å². The molecule has 1 aromatic heterocycles. The van der Waals surface area contributed by atoms with E-state index in [2.05, 4.69) is 15.7 Å². The van der Waals surface area contributed by atoms with Crippen LogP contribution in [0.5, 0.6) is 0 Å². The SMILES string of the molecule is Cc1c(-c2ccc(Cl)cc2)nn2c1NC(=O)C[C@H]2C(=O)Nc1ccc(F)c(F)c1F. The Hall–Kier alpha value is -3.33. The first-order valence-electron chi connectivity index (χ1n) is 8.85. The van der Waals surface area contributed by atoms with E-state index in [1.54, 1.807) is 31.2 Å². The van der Waals surface area contributed by atoms with Gasteiger partial charge in [-0.25, -0.2) is 17.9 Å². The molecule has 154 valence electrons. The lowest BCUT2D eigenvalue weighted by Crippen LogP contribution is -2.36. The second-order valence-corrected chi connectivity index (χ2v) is 7.19. The van der Waals surface area contributed by atoms with E-state index in [1.807, 2.05) is 0 Å². The summed E-state index contributed by atoms with van der Waals surface area (Å²) in [4.78, 5) is 24.9. The summed E-state index contributed by atoms with van der Waals surface area (Å²) in [6, 6.07) is 7.36. The van der Waals surface area contributed by atoms with Gasteiger partial charge >= 0.3 is 0 Å². The Balaban J connectivity index is 1.70. The van der Waals surface area contributed by atoms with Crippen LogP contribution in [0.25, 0.3) is 11.3 Å².